The standard InChI is InChI=1S/C31H43F3N4O2/c1-5-36-15-6-7-27(36)21-35-14-20-40-29-13-12-28(22(2)23(29)3)24(4)37-16-18-38(19-17-37)30(39)25-8-10-26(11-9-25)31(32,33)34/h8-13,24,27,35H,5-7,14-21H2,1-4H3. The predicted molar refractivity (Wildman–Crippen MR) is 152 cm³/mol. The molecule has 1 N–H and O–H groups in total. The Morgan fingerprint density at radius 1 is 1.02 bits per heavy atom. The third kappa shape index (κ3) is 7.17. The quantitative estimate of drug-likeness (QED) is 0.400. The van der Waals surface area contributed by atoms with E-state index < -0.39 is 11.7 Å². The molecule has 0 spiro atoms. The highest BCUT2D eigenvalue weighted by Gasteiger charge is 2.31. The van der Waals surface area contributed by atoms with Crippen LogP contribution in [0.2, 0.25) is 0 Å². The maximum Gasteiger partial charge on any atom is 0.416 e. The Morgan fingerprint density at radius 3 is 2.38 bits per heavy atom. The lowest BCUT2D eigenvalue weighted by molar-refractivity contribution is -0.137. The van der Waals surface area contributed by atoms with Gasteiger partial charge in [-0.3, -0.25) is 14.6 Å². The van der Waals surface area contributed by atoms with Gasteiger partial charge in [-0.15, -0.1) is 0 Å². The van der Waals surface area contributed by atoms with E-state index in [1.807, 2.05) is 0 Å². The van der Waals surface area contributed by atoms with Crippen LogP contribution in [0.15, 0.2) is 36.4 Å². The van der Waals surface area contributed by atoms with Crippen LogP contribution in [0.4, 0.5) is 13.2 Å². The van der Waals surface area contributed by atoms with Crippen molar-refractivity contribution in [3.8, 4) is 5.75 Å². The molecule has 0 aromatic heterocycles. The molecule has 2 fully saturated rings. The van der Waals surface area contributed by atoms with Crippen LogP contribution in [-0.4, -0.2) is 85.6 Å². The van der Waals surface area contributed by atoms with E-state index in [-0.39, 0.29) is 17.5 Å². The molecule has 2 unspecified atom stereocenters. The second kappa shape index (κ2) is 13.4. The second-order valence-electron chi connectivity index (χ2n) is 11.0. The van der Waals surface area contributed by atoms with E-state index in [1.165, 1.54) is 42.6 Å². The normalized spacial score (nSPS) is 19.7. The zero-order valence-corrected chi connectivity index (χ0v) is 24.2. The molecule has 0 saturated carbocycles. The van der Waals surface area contributed by atoms with Gasteiger partial charge in [0.05, 0.1) is 5.56 Å². The number of halogens is 3. The zero-order valence-electron chi connectivity index (χ0n) is 24.2. The number of ether oxygens (including phenoxy) is 1. The fraction of sp³-hybridized carbons (Fsp3) is 0.581. The number of nitrogens with zero attached hydrogens (tertiary/aromatic N) is 3. The molecule has 0 radical (unpaired) electrons. The number of piperazine rings is 1. The van der Waals surface area contributed by atoms with E-state index in [0.717, 1.165) is 43.1 Å². The summed E-state index contributed by atoms with van der Waals surface area (Å²) < 4.78 is 44.7. The monoisotopic (exact) mass is 560 g/mol. The van der Waals surface area contributed by atoms with Crippen molar-refractivity contribution in [1.29, 1.82) is 0 Å². The molecule has 2 heterocycles. The summed E-state index contributed by atoms with van der Waals surface area (Å²) in [6.07, 6.45) is -1.85. The molecule has 2 aromatic carbocycles. The van der Waals surface area contributed by atoms with E-state index in [9.17, 15) is 18.0 Å². The Balaban J connectivity index is 1.26. The Morgan fingerprint density at radius 2 is 1.73 bits per heavy atom. The molecule has 2 aromatic rings. The maximum atomic E-state index is 12.9. The van der Waals surface area contributed by atoms with Gasteiger partial charge in [-0.25, -0.2) is 0 Å². The summed E-state index contributed by atoms with van der Waals surface area (Å²) >= 11 is 0. The van der Waals surface area contributed by atoms with Crippen LogP contribution in [0.5, 0.6) is 5.75 Å². The van der Waals surface area contributed by atoms with Crippen molar-refractivity contribution in [3.05, 3.63) is 64.2 Å². The van der Waals surface area contributed by atoms with Gasteiger partial charge in [0.2, 0.25) is 0 Å². The van der Waals surface area contributed by atoms with Gasteiger partial charge in [-0.05, 0) is 93.7 Å². The first-order chi connectivity index (χ1) is 19.1. The fourth-order valence-corrected chi connectivity index (χ4v) is 5.96. The van der Waals surface area contributed by atoms with Gasteiger partial charge in [0, 0.05) is 56.9 Å². The number of rotatable bonds is 10. The number of hydrogen-bond donors (Lipinski definition) is 1. The van der Waals surface area contributed by atoms with Crippen LogP contribution < -0.4 is 10.1 Å². The number of alkyl halides is 3. The Hall–Kier alpha value is -2.62. The minimum atomic E-state index is -4.41. The van der Waals surface area contributed by atoms with Crippen LogP contribution in [0.25, 0.3) is 0 Å². The fourth-order valence-electron chi connectivity index (χ4n) is 5.96. The van der Waals surface area contributed by atoms with Gasteiger partial charge < -0.3 is 15.0 Å². The summed E-state index contributed by atoms with van der Waals surface area (Å²) in [5.41, 5.74) is 3.14. The van der Waals surface area contributed by atoms with E-state index in [0.29, 0.717) is 38.8 Å². The third-order valence-corrected chi connectivity index (χ3v) is 8.66. The molecule has 2 saturated heterocycles. The molecule has 9 heteroatoms. The number of carbonyl (C=O) groups excluding carboxylic acids is 1. The molecule has 4 rings (SSSR count). The zero-order chi connectivity index (χ0) is 28.9. The van der Waals surface area contributed by atoms with Crippen LogP contribution >= 0.6 is 0 Å². The highest BCUT2D eigenvalue weighted by atomic mass is 19.4. The molecule has 1 amide bonds. The van der Waals surface area contributed by atoms with Crippen LogP contribution in [0.1, 0.15) is 65.3 Å². The molecule has 2 aliphatic heterocycles. The minimum absolute atomic E-state index is 0.172. The number of likely N-dealkylation sites (N-methyl/N-ethyl adjacent to an activating group) is 1. The molecule has 6 nitrogen and oxygen atoms in total. The van der Waals surface area contributed by atoms with Crippen molar-refractivity contribution in [2.45, 2.75) is 58.8 Å². The van der Waals surface area contributed by atoms with E-state index >= 15 is 0 Å². The topological polar surface area (TPSA) is 48.1 Å². The molecule has 0 bridgehead atoms. The third-order valence-electron chi connectivity index (χ3n) is 8.66. The number of carbonyl (C=O) groups is 1. The van der Waals surface area contributed by atoms with E-state index in [4.69, 9.17) is 4.74 Å². The smallest absolute Gasteiger partial charge is 0.416 e. The first-order valence-electron chi connectivity index (χ1n) is 14.5. The minimum Gasteiger partial charge on any atom is -0.492 e. The summed E-state index contributed by atoms with van der Waals surface area (Å²) in [7, 11) is 0. The number of nitrogens with one attached hydrogen (secondary N) is 1. The maximum absolute atomic E-state index is 12.9. The summed E-state index contributed by atoms with van der Waals surface area (Å²) in [6.45, 7) is 15.9. The predicted octanol–water partition coefficient (Wildman–Crippen LogP) is 5.29. The molecular weight excluding hydrogens is 517 g/mol. The molecule has 0 aliphatic carbocycles. The lowest BCUT2D eigenvalue weighted by Crippen LogP contribution is -2.49. The molecular formula is C31H43F3N4O2. The van der Waals surface area contributed by atoms with Crippen molar-refractivity contribution < 1.29 is 22.7 Å². The van der Waals surface area contributed by atoms with Gasteiger partial charge >= 0.3 is 6.18 Å². The van der Waals surface area contributed by atoms with Crippen LogP contribution in [0.3, 0.4) is 0 Å². The summed E-state index contributed by atoms with van der Waals surface area (Å²) in [5, 5.41) is 3.55. The van der Waals surface area contributed by atoms with Gasteiger partial charge in [0.1, 0.15) is 12.4 Å². The summed E-state index contributed by atoms with van der Waals surface area (Å²) in [5.74, 6) is 0.688. The lowest BCUT2D eigenvalue weighted by Gasteiger charge is -2.39. The van der Waals surface area contributed by atoms with E-state index in [1.54, 1.807) is 4.90 Å². The SMILES string of the molecule is CCN1CCCC1CNCCOc1ccc(C(C)N2CCN(C(=O)c3ccc(C(F)(F)F)cc3)CC2)c(C)c1C. The highest BCUT2D eigenvalue weighted by molar-refractivity contribution is 5.94. The van der Waals surface area contributed by atoms with Crippen LogP contribution in [-0.2, 0) is 6.18 Å². The van der Waals surface area contributed by atoms with Gasteiger partial charge in [0.25, 0.3) is 5.91 Å². The molecule has 40 heavy (non-hydrogen) atoms. The van der Waals surface area contributed by atoms with Gasteiger partial charge in [-0.2, -0.15) is 13.2 Å². The largest absolute Gasteiger partial charge is 0.492 e. The molecule has 220 valence electrons. The van der Waals surface area contributed by atoms with Crippen LogP contribution in [0, 0.1) is 13.8 Å². The van der Waals surface area contributed by atoms with Crippen molar-refractivity contribution in [2.75, 3.05) is 59.0 Å². The summed E-state index contributed by atoms with van der Waals surface area (Å²) in [6, 6.07) is 9.49. The molecule has 2 atom stereocenters. The van der Waals surface area contributed by atoms with Gasteiger partial charge in [0.15, 0.2) is 0 Å². The first-order valence-corrected chi connectivity index (χ1v) is 14.5. The average molecular weight is 561 g/mol. The number of likely N-dealkylation sites (tertiary alicyclic amines) is 1. The Bertz CT molecular complexity index is 1130. The van der Waals surface area contributed by atoms with Crippen molar-refractivity contribution >= 4 is 5.91 Å². The first kappa shape index (κ1) is 30.3. The van der Waals surface area contributed by atoms with Gasteiger partial charge in [-0.1, -0.05) is 13.0 Å². The lowest BCUT2D eigenvalue weighted by atomic mass is 9.96. The van der Waals surface area contributed by atoms with Crippen molar-refractivity contribution in [1.82, 2.24) is 20.0 Å². The molecule has 2 aliphatic rings. The Kier molecular flexibility index (Phi) is 10.1. The number of amides is 1. The van der Waals surface area contributed by atoms with Crippen molar-refractivity contribution in [2.24, 2.45) is 0 Å². The number of benzene rings is 2. The average Bonchev–Trinajstić information content (AvgIpc) is 3.41. The van der Waals surface area contributed by atoms with Crippen molar-refractivity contribution in [3.63, 3.8) is 0 Å². The summed E-state index contributed by atoms with van der Waals surface area (Å²) in [4.78, 5) is 19.5. The number of hydrogen-bond acceptors (Lipinski definition) is 5. The highest BCUT2D eigenvalue weighted by Crippen LogP contribution is 2.32. The van der Waals surface area contributed by atoms with E-state index in [2.05, 4.69) is 54.9 Å². The second-order valence-corrected chi connectivity index (χ2v) is 11.0. The Labute approximate surface area is 236 Å².